The van der Waals surface area contributed by atoms with Crippen LogP contribution in [0.1, 0.15) is 38.5 Å². The highest BCUT2D eigenvalue weighted by molar-refractivity contribution is 5.89. The van der Waals surface area contributed by atoms with Crippen molar-refractivity contribution in [1.82, 2.24) is 15.1 Å². The third-order valence-corrected chi connectivity index (χ3v) is 5.35. The summed E-state index contributed by atoms with van der Waals surface area (Å²) in [5, 5.41) is 3.02. The topological polar surface area (TPSA) is 61.9 Å². The van der Waals surface area contributed by atoms with Crippen molar-refractivity contribution in [2.75, 3.05) is 45.9 Å². The fraction of sp³-hybridized carbons (Fsp3) is 0.882. The second-order valence-electron chi connectivity index (χ2n) is 6.98. The molecule has 3 fully saturated rings. The van der Waals surface area contributed by atoms with Crippen LogP contribution in [0.4, 0.5) is 0 Å². The smallest absolute Gasteiger partial charge is 0.225 e. The van der Waals surface area contributed by atoms with E-state index in [1.165, 1.54) is 12.8 Å². The quantitative estimate of drug-likeness (QED) is 0.728. The monoisotopic (exact) mass is 323 g/mol. The van der Waals surface area contributed by atoms with Crippen LogP contribution in [-0.2, 0) is 14.3 Å². The Bertz CT molecular complexity index is 417. The fourth-order valence-corrected chi connectivity index (χ4v) is 3.96. The minimum Gasteiger partial charge on any atom is -0.379 e. The van der Waals surface area contributed by atoms with E-state index in [0.29, 0.717) is 25.6 Å². The van der Waals surface area contributed by atoms with Gasteiger partial charge in [0.25, 0.3) is 0 Å². The van der Waals surface area contributed by atoms with Gasteiger partial charge in [-0.25, -0.2) is 0 Å². The van der Waals surface area contributed by atoms with E-state index in [0.717, 1.165) is 52.1 Å². The Hall–Kier alpha value is -1.14. The second kappa shape index (κ2) is 8.11. The maximum Gasteiger partial charge on any atom is 0.225 e. The predicted octanol–water partition coefficient (Wildman–Crippen LogP) is 0.616. The summed E-state index contributed by atoms with van der Waals surface area (Å²) in [7, 11) is 0. The average molecular weight is 323 g/mol. The highest BCUT2D eigenvalue weighted by Gasteiger charge is 2.38. The van der Waals surface area contributed by atoms with Gasteiger partial charge in [-0.05, 0) is 25.8 Å². The summed E-state index contributed by atoms with van der Waals surface area (Å²) in [5.74, 6) is 0.0812. The lowest BCUT2D eigenvalue weighted by Crippen LogP contribution is -2.39. The molecule has 2 saturated heterocycles. The van der Waals surface area contributed by atoms with Crippen molar-refractivity contribution in [2.24, 2.45) is 5.92 Å². The van der Waals surface area contributed by atoms with Crippen LogP contribution in [0, 0.1) is 5.92 Å². The van der Waals surface area contributed by atoms with Crippen molar-refractivity contribution in [3.05, 3.63) is 0 Å². The molecule has 2 heterocycles. The maximum atomic E-state index is 12.3. The molecule has 23 heavy (non-hydrogen) atoms. The number of carbonyl (C=O) groups excluding carboxylic acids is 2. The van der Waals surface area contributed by atoms with Crippen LogP contribution >= 0.6 is 0 Å². The number of rotatable bonds is 6. The second-order valence-corrected chi connectivity index (χ2v) is 6.98. The number of nitrogens with zero attached hydrogens (tertiary/aromatic N) is 2. The van der Waals surface area contributed by atoms with E-state index >= 15 is 0 Å². The summed E-state index contributed by atoms with van der Waals surface area (Å²) in [5.41, 5.74) is 0. The molecule has 1 atom stereocenters. The van der Waals surface area contributed by atoms with Gasteiger partial charge in [0, 0.05) is 38.6 Å². The molecule has 6 heteroatoms. The van der Waals surface area contributed by atoms with Crippen molar-refractivity contribution < 1.29 is 14.3 Å². The lowest BCUT2D eigenvalue weighted by Gasteiger charge is -2.26. The van der Waals surface area contributed by atoms with Crippen LogP contribution in [0.2, 0.25) is 0 Å². The number of amides is 2. The zero-order valence-electron chi connectivity index (χ0n) is 14.0. The Labute approximate surface area is 138 Å². The van der Waals surface area contributed by atoms with E-state index in [1.807, 2.05) is 4.90 Å². The molecule has 0 bridgehead atoms. The Balaban J connectivity index is 1.34. The van der Waals surface area contributed by atoms with E-state index in [-0.39, 0.29) is 17.7 Å². The molecule has 6 nitrogen and oxygen atoms in total. The highest BCUT2D eigenvalue weighted by Crippen LogP contribution is 2.29. The first kappa shape index (κ1) is 16.7. The van der Waals surface area contributed by atoms with Gasteiger partial charge in [-0.1, -0.05) is 12.8 Å². The Morgan fingerprint density at radius 2 is 1.96 bits per heavy atom. The molecule has 0 spiro atoms. The first-order chi connectivity index (χ1) is 11.2. The molecule has 3 rings (SSSR count). The van der Waals surface area contributed by atoms with Gasteiger partial charge in [-0.15, -0.1) is 0 Å². The third kappa shape index (κ3) is 4.44. The number of ether oxygens (including phenoxy) is 1. The standard InChI is InChI=1S/C17H29N3O3/c21-16-12-14(13-20(16)15-4-1-2-5-15)17(22)18-6-3-7-19-8-10-23-11-9-19/h14-15H,1-13H2,(H,18,22)/t14-/m0/s1. The van der Waals surface area contributed by atoms with Gasteiger partial charge in [0.2, 0.25) is 11.8 Å². The summed E-state index contributed by atoms with van der Waals surface area (Å²) >= 11 is 0. The van der Waals surface area contributed by atoms with Gasteiger partial charge in [-0.3, -0.25) is 14.5 Å². The molecule has 130 valence electrons. The van der Waals surface area contributed by atoms with Gasteiger partial charge in [-0.2, -0.15) is 0 Å². The Kier molecular flexibility index (Phi) is 5.89. The predicted molar refractivity (Wildman–Crippen MR) is 87.0 cm³/mol. The van der Waals surface area contributed by atoms with Crippen molar-refractivity contribution in [1.29, 1.82) is 0 Å². The lowest BCUT2D eigenvalue weighted by atomic mass is 10.1. The molecule has 0 aromatic rings. The van der Waals surface area contributed by atoms with Crippen LogP contribution < -0.4 is 5.32 Å². The largest absolute Gasteiger partial charge is 0.379 e. The van der Waals surface area contributed by atoms with E-state index in [4.69, 9.17) is 4.74 Å². The van der Waals surface area contributed by atoms with E-state index in [2.05, 4.69) is 10.2 Å². The lowest BCUT2D eigenvalue weighted by molar-refractivity contribution is -0.130. The van der Waals surface area contributed by atoms with E-state index in [9.17, 15) is 9.59 Å². The van der Waals surface area contributed by atoms with Crippen molar-refractivity contribution in [3.63, 3.8) is 0 Å². The first-order valence-corrected chi connectivity index (χ1v) is 9.11. The summed E-state index contributed by atoms with van der Waals surface area (Å²) < 4.78 is 5.33. The summed E-state index contributed by atoms with van der Waals surface area (Å²) in [6.07, 6.45) is 6.00. The molecule has 0 radical (unpaired) electrons. The van der Waals surface area contributed by atoms with Crippen LogP contribution in [0.15, 0.2) is 0 Å². The molecule has 0 unspecified atom stereocenters. The molecule has 2 amide bonds. The van der Waals surface area contributed by atoms with Gasteiger partial charge < -0.3 is 15.0 Å². The molecule has 0 aromatic carbocycles. The minimum atomic E-state index is -0.147. The molecule has 1 N–H and O–H groups in total. The molecule has 0 aromatic heterocycles. The third-order valence-electron chi connectivity index (χ3n) is 5.35. The van der Waals surface area contributed by atoms with E-state index < -0.39 is 0 Å². The van der Waals surface area contributed by atoms with Crippen LogP contribution in [0.25, 0.3) is 0 Å². The summed E-state index contributed by atoms with van der Waals surface area (Å²) in [6, 6.07) is 0.390. The minimum absolute atomic E-state index is 0.0563. The maximum absolute atomic E-state index is 12.3. The van der Waals surface area contributed by atoms with Crippen molar-refractivity contribution >= 4 is 11.8 Å². The zero-order valence-corrected chi connectivity index (χ0v) is 14.0. The Morgan fingerprint density at radius 3 is 2.70 bits per heavy atom. The summed E-state index contributed by atoms with van der Waals surface area (Å²) in [6.45, 7) is 5.93. The SMILES string of the molecule is O=C(NCCCN1CCOCC1)[C@H]1CC(=O)N(C2CCCC2)C1. The molecule has 1 saturated carbocycles. The first-order valence-electron chi connectivity index (χ1n) is 9.11. The van der Waals surface area contributed by atoms with Gasteiger partial charge in [0.15, 0.2) is 0 Å². The molecule has 1 aliphatic carbocycles. The van der Waals surface area contributed by atoms with Crippen LogP contribution in [0.3, 0.4) is 0 Å². The molecule has 2 aliphatic heterocycles. The number of morpholine rings is 1. The average Bonchev–Trinajstić information content (AvgIpc) is 3.21. The van der Waals surface area contributed by atoms with Gasteiger partial charge >= 0.3 is 0 Å². The number of hydrogen-bond donors (Lipinski definition) is 1. The fourth-order valence-electron chi connectivity index (χ4n) is 3.96. The van der Waals surface area contributed by atoms with Crippen LogP contribution in [-0.4, -0.2) is 73.6 Å². The van der Waals surface area contributed by atoms with Crippen molar-refractivity contribution in [3.8, 4) is 0 Å². The highest BCUT2D eigenvalue weighted by atomic mass is 16.5. The number of carbonyl (C=O) groups is 2. The molecular weight excluding hydrogens is 294 g/mol. The number of nitrogens with one attached hydrogen (secondary N) is 1. The van der Waals surface area contributed by atoms with Crippen LogP contribution in [0.5, 0.6) is 0 Å². The number of hydrogen-bond acceptors (Lipinski definition) is 4. The Morgan fingerprint density at radius 1 is 1.22 bits per heavy atom. The number of likely N-dealkylation sites (tertiary alicyclic amines) is 1. The molecular formula is C17H29N3O3. The van der Waals surface area contributed by atoms with E-state index in [1.54, 1.807) is 0 Å². The van der Waals surface area contributed by atoms with Crippen molar-refractivity contribution in [2.45, 2.75) is 44.6 Å². The summed E-state index contributed by atoms with van der Waals surface area (Å²) in [4.78, 5) is 28.8. The van der Waals surface area contributed by atoms with Gasteiger partial charge in [0.1, 0.15) is 0 Å². The molecule has 3 aliphatic rings. The zero-order chi connectivity index (χ0) is 16.1. The van der Waals surface area contributed by atoms with Gasteiger partial charge in [0.05, 0.1) is 19.1 Å². The normalized spacial score (nSPS) is 26.9.